The maximum absolute atomic E-state index is 12.2. The number of Topliss-reactive ketones (excluding diaryl/α,β-unsaturated/α-hetero) is 1. The highest BCUT2D eigenvalue weighted by Crippen LogP contribution is 2.32. The Bertz CT molecular complexity index is 801. The topological polar surface area (TPSA) is 73.9 Å². The second-order valence-corrected chi connectivity index (χ2v) is 6.27. The summed E-state index contributed by atoms with van der Waals surface area (Å²) in [5.41, 5.74) is 1.28. The number of hydrogen-bond acceptors (Lipinski definition) is 5. The highest BCUT2D eigenvalue weighted by Gasteiger charge is 2.12. The van der Waals surface area contributed by atoms with Gasteiger partial charge in [-0.1, -0.05) is 0 Å². The number of hydrogen-bond donors (Lipinski definition) is 1. The van der Waals surface area contributed by atoms with E-state index in [2.05, 4.69) is 5.32 Å². The number of rotatable bonds is 7. The summed E-state index contributed by atoms with van der Waals surface area (Å²) in [6.07, 6.45) is 1.91. The smallest absolute Gasteiger partial charge is 0.224 e. The minimum atomic E-state index is -0.132. The van der Waals surface area contributed by atoms with Crippen molar-refractivity contribution in [3.8, 4) is 17.2 Å². The Hall–Kier alpha value is -3.02. The zero-order valence-corrected chi connectivity index (χ0v) is 15.3. The second-order valence-electron chi connectivity index (χ2n) is 6.27. The van der Waals surface area contributed by atoms with Crippen LogP contribution in [0, 0.1) is 0 Å². The van der Waals surface area contributed by atoms with Crippen molar-refractivity contribution in [2.24, 2.45) is 0 Å². The lowest BCUT2D eigenvalue weighted by Gasteiger charge is -2.10. The van der Waals surface area contributed by atoms with Gasteiger partial charge in [0.25, 0.3) is 0 Å². The molecule has 1 aliphatic rings. The van der Waals surface area contributed by atoms with Crippen LogP contribution in [-0.4, -0.2) is 32.0 Å². The molecular weight excluding hydrogens is 346 g/mol. The molecule has 27 heavy (non-hydrogen) atoms. The second kappa shape index (κ2) is 9.07. The molecule has 142 valence electrons. The minimum Gasteiger partial charge on any atom is -0.497 e. The van der Waals surface area contributed by atoms with Gasteiger partial charge in [-0.05, 0) is 42.8 Å². The van der Waals surface area contributed by atoms with E-state index in [1.165, 1.54) is 0 Å². The van der Waals surface area contributed by atoms with Crippen LogP contribution in [-0.2, 0) is 4.79 Å². The Morgan fingerprint density at radius 2 is 1.74 bits per heavy atom. The molecule has 0 saturated heterocycles. The van der Waals surface area contributed by atoms with Gasteiger partial charge in [0, 0.05) is 36.6 Å². The molecule has 0 bridgehead atoms. The van der Waals surface area contributed by atoms with Crippen LogP contribution in [0.1, 0.15) is 36.0 Å². The van der Waals surface area contributed by atoms with Crippen LogP contribution in [0.2, 0.25) is 0 Å². The summed E-state index contributed by atoms with van der Waals surface area (Å²) in [4.78, 5) is 24.3. The number of ether oxygens (including phenoxy) is 3. The van der Waals surface area contributed by atoms with Gasteiger partial charge in [0.05, 0.1) is 20.3 Å². The predicted molar refractivity (Wildman–Crippen MR) is 102 cm³/mol. The first-order chi connectivity index (χ1) is 13.2. The van der Waals surface area contributed by atoms with Crippen molar-refractivity contribution in [1.82, 2.24) is 0 Å². The molecule has 0 atom stereocenters. The van der Waals surface area contributed by atoms with Gasteiger partial charge in [-0.15, -0.1) is 0 Å². The maximum Gasteiger partial charge on any atom is 0.224 e. The molecule has 3 rings (SSSR count). The van der Waals surface area contributed by atoms with E-state index in [0.717, 1.165) is 6.42 Å². The van der Waals surface area contributed by atoms with Gasteiger partial charge in [0.2, 0.25) is 5.91 Å². The van der Waals surface area contributed by atoms with Crippen molar-refractivity contribution in [3.63, 3.8) is 0 Å². The Kier molecular flexibility index (Phi) is 6.30. The van der Waals surface area contributed by atoms with Crippen LogP contribution in [0.25, 0.3) is 0 Å². The first-order valence-electron chi connectivity index (χ1n) is 9.02. The summed E-state index contributed by atoms with van der Waals surface area (Å²) in [5.74, 6) is 1.92. The summed E-state index contributed by atoms with van der Waals surface area (Å²) in [6.45, 7) is 1.22. The average Bonchev–Trinajstić information content (AvgIpc) is 2.93. The van der Waals surface area contributed by atoms with Gasteiger partial charge >= 0.3 is 0 Å². The molecule has 0 fully saturated rings. The summed E-state index contributed by atoms with van der Waals surface area (Å²) in [7, 11) is 1.58. The van der Waals surface area contributed by atoms with E-state index in [4.69, 9.17) is 14.2 Å². The van der Waals surface area contributed by atoms with Crippen molar-refractivity contribution in [2.75, 3.05) is 25.6 Å². The van der Waals surface area contributed by atoms with Crippen molar-refractivity contribution in [3.05, 3.63) is 48.0 Å². The van der Waals surface area contributed by atoms with E-state index in [1.54, 1.807) is 49.6 Å². The van der Waals surface area contributed by atoms with Crippen LogP contribution in [0.15, 0.2) is 42.5 Å². The van der Waals surface area contributed by atoms with Gasteiger partial charge < -0.3 is 19.5 Å². The number of amides is 1. The van der Waals surface area contributed by atoms with Gasteiger partial charge in [-0.2, -0.15) is 0 Å². The van der Waals surface area contributed by atoms with Gasteiger partial charge in [-0.25, -0.2) is 0 Å². The number of benzene rings is 2. The minimum absolute atomic E-state index is 0.0148. The Balaban J connectivity index is 1.46. The molecule has 0 spiro atoms. The first-order valence-corrected chi connectivity index (χ1v) is 9.02. The van der Waals surface area contributed by atoms with Crippen LogP contribution in [0.5, 0.6) is 17.2 Å². The molecular formula is C21H23NO5. The Labute approximate surface area is 158 Å². The van der Waals surface area contributed by atoms with Gasteiger partial charge in [-0.3, -0.25) is 9.59 Å². The van der Waals surface area contributed by atoms with Crippen molar-refractivity contribution in [2.45, 2.75) is 25.7 Å². The number of ketones is 1. The fourth-order valence-corrected chi connectivity index (χ4v) is 2.80. The Morgan fingerprint density at radius 3 is 2.48 bits per heavy atom. The molecule has 0 aromatic heterocycles. The number of carbonyl (C=O) groups excluding carboxylic acids is 2. The third-order valence-corrected chi connectivity index (χ3v) is 4.25. The summed E-state index contributed by atoms with van der Waals surface area (Å²) < 4.78 is 16.3. The Morgan fingerprint density at radius 1 is 1.00 bits per heavy atom. The largest absolute Gasteiger partial charge is 0.497 e. The molecule has 6 heteroatoms. The van der Waals surface area contributed by atoms with Crippen LogP contribution < -0.4 is 19.5 Å². The predicted octanol–water partition coefficient (Wildman–Crippen LogP) is 3.85. The molecule has 2 aromatic carbocycles. The molecule has 1 N–H and O–H groups in total. The van der Waals surface area contributed by atoms with E-state index in [0.29, 0.717) is 54.6 Å². The fourth-order valence-electron chi connectivity index (χ4n) is 2.80. The van der Waals surface area contributed by atoms with Crippen molar-refractivity contribution in [1.29, 1.82) is 0 Å². The fraction of sp³-hybridized carbons (Fsp3) is 0.333. The standard InChI is InChI=1S/C21H23NO5/c1-25-17-9-6-15(7-10-17)18(23)4-2-5-21(24)22-16-8-11-19-20(14-16)27-13-3-12-26-19/h6-11,14H,2-5,12-13H2,1H3,(H,22,24). The molecule has 0 radical (unpaired) electrons. The monoisotopic (exact) mass is 369 g/mol. The molecule has 0 aliphatic carbocycles. The van der Waals surface area contributed by atoms with Crippen molar-refractivity contribution >= 4 is 17.4 Å². The summed E-state index contributed by atoms with van der Waals surface area (Å²) in [5, 5.41) is 2.84. The van der Waals surface area contributed by atoms with Crippen molar-refractivity contribution < 1.29 is 23.8 Å². The van der Waals surface area contributed by atoms with E-state index in [9.17, 15) is 9.59 Å². The third kappa shape index (κ3) is 5.23. The van der Waals surface area contributed by atoms with E-state index in [-0.39, 0.29) is 18.1 Å². The van der Waals surface area contributed by atoms with Crippen LogP contribution in [0.3, 0.4) is 0 Å². The van der Waals surface area contributed by atoms with Crippen LogP contribution in [0.4, 0.5) is 5.69 Å². The lowest BCUT2D eigenvalue weighted by molar-refractivity contribution is -0.116. The van der Waals surface area contributed by atoms with E-state index < -0.39 is 0 Å². The molecule has 1 heterocycles. The molecule has 6 nitrogen and oxygen atoms in total. The average molecular weight is 369 g/mol. The first kappa shape index (κ1) is 18.8. The van der Waals surface area contributed by atoms with E-state index >= 15 is 0 Å². The number of fused-ring (bicyclic) bond motifs is 1. The third-order valence-electron chi connectivity index (χ3n) is 4.25. The summed E-state index contributed by atoms with van der Waals surface area (Å²) in [6, 6.07) is 12.3. The summed E-state index contributed by atoms with van der Waals surface area (Å²) >= 11 is 0. The lowest BCUT2D eigenvalue weighted by Crippen LogP contribution is -2.12. The van der Waals surface area contributed by atoms with Gasteiger partial charge in [0.1, 0.15) is 5.75 Å². The zero-order valence-electron chi connectivity index (χ0n) is 15.3. The number of carbonyl (C=O) groups is 2. The highest BCUT2D eigenvalue weighted by atomic mass is 16.5. The normalized spacial score (nSPS) is 12.8. The molecule has 1 amide bonds. The lowest BCUT2D eigenvalue weighted by atomic mass is 10.1. The SMILES string of the molecule is COc1ccc(C(=O)CCCC(=O)Nc2ccc3c(c2)OCCCO3)cc1. The molecule has 1 aliphatic heterocycles. The van der Waals surface area contributed by atoms with E-state index in [1.807, 2.05) is 0 Å². The number of methoxy groups -OCH3 is 1. The maximum atomic E-state index is 12.2. The molecule has 0 unspecified atom stereocenters. The van der Waals surface area contributed by atoms with Crippen LogP contribution >= 0.6 is 0 Å². The molecule has 0 saturated carbocycles. The number of nitrogens with one attached hydrogen (secondary N) is 1. The highest BCUT2D eigenvalue weighted by molar-refractivity contribution is 5.97. The zero-order chi connectivity index (χ0) is 19.1. The molecule has 2 aromatic rings. The van der Waals surface area contributed by atoms with Gasteiger partial charge in [0.15, 0.2) is 17.3 Å². The number of anilines is 1. The quantitative estimate of drug-likeness (QED) is 0.751.